The number of hydrogen-bond acceptors (Lipinski definition) is 5. The molecule has 0 aromatic carbocycles. The zero-order chi connectivity index (χ0) is 12.6. The summed E-state index contributed by atoms with van der Waals surface area (Å²) in [5.41, 5.74) is 0. The lowest BCUT2D eigenvalue weighted by Gasteiger charge is -2.09. The highest BCUT2D eigenvalue weighted by atomic mass is 35.7. The second-order valence-electron chi connectivity index (χ2n) is 4.30. The smallest absolute Gasteiger partial charge is 0.296 e. The summed E-state index contributed by atoms with van der Waals surface area (Å²) in [6.45, 7) is 4.04. The number of halogens is 1. The molecule has 1 fully saturated rings. The van der Waals surface area contributed by atoms with Crippen LogP contribution < -0.4 is 0 Å². The molecule has 17 heavy (non-hydrogen) atoms. The molecule has 8 heteroatoms. The minimum absolute atomic E-state index is 0.0513. The van der Waals surface area contributed by atoms with Crippen LogP contribution in [0.4, 0.5) is 0 Å². The Bertz CT molecular complexity index is 508. The van der Waals surface area contributed by atoms with Crippen molar-refractivity contribution in [2.75, 3.05) is 0 Å². The van der Waals surface area contributed by atoms with Gasteiger partial charge in [0.05, 0.1) is 6.10 Å². The summed E-state index contributed by atoms with van der Waals surface area (Å²) in [6, 6.07) is 0.138. The van der Waals surface area contributed by atoms with E-state index < -0.39 is 9.05 Å². The molecule has 1 aromatic rings. The Morgan fingerprint density at radius 2 is 2.12 bits per heavy atom. The van der Waals surface area contributed by atoms with Gasteiger partial charge in [0, 0.05) is 16.7 Å². The first-order chi connectivity index (χ1) is 7.89. The Balaban J connectivity index is 2.30. The Morgan fingerprint density at radius 3 is 2.59 bits per heavy atom. The van der Waals surface area contributed by atoms with Crippen LogP contribution in [-0.4, -0.2) is 29.3 Å². The van der Waals surface area contributed by atoms with Gasteiger partial charge in [0.2, 0.25) is 0 Å². The molecule has 1 aliphatic rings. The van der Waals surface area contributed by atoms with Crippen LogP contribution in [0, 0.1) is 0 Å². The average Bonchev–Trinajstić information content (AvgIpc) is 2.93. The van der Waals surface area contributed by atoms with Crippen molar-refractivity contribution < 1.29 is 13.2 Å². The molecule has 0 atom stereocenters. The molecule has 1 heterocycles. The molecule has 1 aliphatic carbocycles. The minimum Gasteiger partial charge on any atom is -0.371 e. The summed E-state index contributed by atoms with van der Waals surface area (Å²) < 4.78 is 29.7. The van der Waals surface area contributed by atoms with Gasteiger partial charge < -0.3 is 4.74 Å². The number of aromatic nitrogens is 3. The molecule has 0 radical (unpaired) electrons. The first kappa shape index (κ1) is 12.8. The highest BCUT2D eigenvalue weighted by molar-refractivity contribution is 8.13. The van der Waals surface area contributed by atoms with Crippen LogP contribution in [-0.2, 0) is 20.4 Å². The van der Waals surface area contributed by atoms with Gasteiger partial charge in [0.1, 0.15) is 6.61 Å². The maximum Gasteiger partial charge on any atom is 0.296 e. The molecule has 0 saturated heterocycles. The van der Waals surface area contributed by atoms with Crippen LogP contribution in [0.5, 0.6) is 0 Å². The fourth-order valence-electron chi connectivity index (χ4n) is 1.51. The van der Waals surface area contributed by atoms with Gasteiger partial charge in [-0.15, -0.1) is 10.2 Å². The lowest BCUT2D eigenvalue weighted by atomic mass is 10.5. The van der Waals surface area contributed by atoms with E-state index in [9.17, 15) is 8.42 Å². The Labute approximate surface area is 104 Å². The molecule has 6 nitrogen and oxygen atoms in total. The second-order valence-corrected chi connectivity index (χ2v) is 6.76. The zero-order valence-electron chi connectivity index (χ0n) is 9.63. The normalized spacial score (nSPS) is 16.7. The predicted molar refractivity (Wildman–Crippen MR) is 61.3 cm³/mol. The summed E-state index contributed by atoms with van der Waals surface area (Å²) in [7, 11) is 1.47. The van der Waals surface area contributed by atoms with Crippen molar-refractivity contribution in [2.45, 2.75) is 50.6 Å². The average molecular weight is 280 g/mol. The lowest BCUT2D eigenvalue weighted by molar-refractivity contribution is 0.0589. The molecule has 0 spiro atoms. The second kappa shape index (κ2) is 4.55. The SMILES string of the molecule is CC(C)OCc1nnc(S(=O)(=O)Cl)n1C1CC1. The Kier molecular flexibility index (Phi) is 3.42. The van der Waals surface area contributed by atoms with Gasteiger partial charge in [-0.1, -0.05) is 0 Å². The van der Waals surface area contributed by atoms with Gasteiger partial charge in [0.25, 0.3) is 14.2 Å². The maximum atomic E-state index is 11.3. The van der Waals surface area contributed by atoms with Gasteiger partial charge in [-0.05, 0) is 26.7 Å². The molecule has 0 amide bonds. The van der Waals surface area contributed by atoms with Crippen LogP contribution in [0.25, 0.3) is 0 Å². The first-order valence-corrected chi connectivity index (χ1v) is 7.70. The van der Waals surface area contributed by atoms with Crippen LogP contribution in [0.3, 0.4) is 0 Å². The van der Waals surface area contributed by atoms with Gasteiger partial charge >= 0.3 is 0 Å². The molecule has 0 aliphatic heterocycles. The molecular weight excluding hydrogens is 266 g/mol. The van der Waals surface area contributed by atoms with E-state index in [-0.39, 0.29) is 23.9 Å². The largest absolute Gasteiger partial charge is 0.371 e. The van der Waals surface area contributed by atoms with Crippen LogP contribution >= 0.6 is 10.7 Å². The zero-order valence-corrected chi connectivity index (χ0v) is 11.2. The molecule has 0 N–H and O–H groups in total. The molecule has 96 valence electrons. The van der Waals surface area contributed by atoms with Crippen LogP contribution in [0.2, 0.25) is 0 Å². The number of ether oxygens (including phenoxy) is 1. The summed E-state index contributed by atoms with van der Waals surface area (Å²) in [5.74, 6) is 0.514. The van der Waals surface area contributed by atoms with E-state index in [4.69, 9.17) is 15.4 Å². The van der Waals surface area contributed by atoms with Gasteiger partial charge in [-0.2, -0.15) is 0 Å². The van der Waals surface area contributed by atoms with Crippen molar-refractivity contribution in [1.82, 2.24) is 14.8 Å². The Morgan fingerprint density at radius 1 is 1.47 bits per heavy atom. The van der Waals surface area contributed by atoms with E-state index in [1.807, 2.05) is 13.8 Å². The third-order valence-corrected chi connectivity index (χ3v) is 3.54. The molecule has 1 aromatic heterocycles. The van der Waals surface area contributed by atoms with Crippen molar-refractivity contribution in [3.63, 3.8) is 0 Å². The fraction of sp³-hybridized carbons (Fsp3) is 0.778. The third kappa shape index (κ3) is 2.97. The molecule has 2 rings (SSSR count). The fourth-order valence-corrected chi connectivity index (χ4v) is 2.46. The summed E-state index contributed by atoms with van der Waals surface area (Å²) in [5, 5.41) is 7.30. The van der Waals surface area contributed by atoms with E-state index in [1.54, 1.807) is 4.57 Å². The summed E-state index contributed by atoms with van der Waals surface area (Å²) in [4.78, 5) is 0. The number of nitrogens with zero attached hydrogens (tertiary/aromatic N) is 3. The number of hydrogen-bond donors (Lipinski definition) is 0. The topological polar surface area (TPSA) is 74.1 Å². The lowest BCUT2D eigenvalue weighted by Crippen LogP contribution is -2.11. The quantitative estimate of drug-likeness (QED) is 0.763. The highest BCUT2D eigenvalue weighted by Gasteiger charge is 2.33. The van der Waals surface area contributed by atoms with E-state index in [1.165, 1.54) is 0 Å². The van der Waals surface area contributed by atoms with Crippen molar-refractivity contribution in [1.29, 1.82) is 0 Å². The monoisotopic (exact) mass is 279 g/mol. The molecule has 1 saturated carbocycles. The Hall–Kier alpha value is -0.660. The van der Waals surface area contributed by atoms with Gasteiger partial charge in [-0.3, -0.25) is 4.57 Å². The van der Waals surface area contributed by atoms with Crippen molar-refractivity contribution in [2.24, 2.45) is 0 Å². The van der Waals surface area contributed by atoms with Crippen molar-refractivity contribution in [3.05, 3.63) is 5.82 Å². The van der Waals surface area contributed by atoms with E-state index in [0.29, 0.717) is 5.82 Å². The van der Waals surface area contributed by atoms with Crippen molar-refractivity contribution >= 4 is 19.7 Å². The maximum absolute atomic E-state index is 11.3. The third-order valence-electron chi connectivity index (χ3n) is 2.41. The van der Waals surface area contributed by atoms with Crippen LogP contribution in [0.15, 0.2) is 5.16 Å². The first-order valence-electron chi connectivity index (χ1n) is 5.39. The predicted octanol–water partition coefficient (Wildman–Crippen LogP) is 1.47. The van der Waals surface area contributed by atoms with Gasteiger partial charge in [-0.25, -0.2) is 8.42 Å². The van der Waals surface area contributed by atoms with Crippen LogP contribution in [0.1, 0.15) is 38.6 Å². The van der Waals surface area contributed by atoms with E-state index in [0.717, 1.165) is 12.8 Å². The molecule has 0 unspecified atom stereocenters. The summed E-state index contributed by atoms with van der Waals surface area (Å²) in [6.07, 6.45) is 1.90. The minimum atomic E-state index is -3.85. The summed E-state index contributed by atoms with van der Waals surface area (Å²) >= 11 is 0. The van der Waals surface area contributed by atoms with Gasteiger partial charge in [0.15, 0.2) is 5.82 Å². The molecular formula is C9H14ClN3O3S. The van der Waals surface area contributed by atoms with Crippen molar-refractivity contribution in [3.8, 4) is 0 Å². The standard InChI is InChI=1S/C9H14ClN3O3S/c1-6(2)16-5-8-11-12-9(17(10,14)15)13(8)7-3-4-7/h6-7H,3-5H2,1-2H3. The van der Waals surface area contributed by atoms with E-state index >= 15 is 0 Å². The number of rotatable bonds is 5. The highest BCUT2D eigenvalue weighted by Crippen LogP contribution is 2.38. The molecule has 0 bridgehead atoms. The van der Waals surface area contributed by atoms with E-state index in [2.05, 4.69) is 10.2 Å².